The molecule has 1 aromatic heterocycles. The number of nitrogens with zero attached hydrogens (tertiary/aromatic N) is 2. The molecule has 2 amide bonds. The van der Waals surface area contributed by atoms with Crippen molar-refractivity contribution in [3.8, 4) is 5.75 Å². The maximum atomic E-state index is 15.0. The lowest BCUT2D eigenvalue weighted by Gasteiger charge is -2.34. The van der Waals surface area contributed by atoms with Gasteiger partial charge in [0.2, 0.25) is 5.76 Å². The number of para-hydroxylation sites is 1. The molecule has 0 bridgehead atoms. The van der Waals surface area contributed by atoms with Crippen molar-refractivity contribution < 1.29 is 18.7 Å². The summed E-state index contributed by atoms with van der Waals surface area (Å²) in [5, 5.41) is 0.560. The molecule has 2 aliphatic heterocycles. The van der Waals surface area contributed by atoms with Crippen LogP contribution in [-0.4, -0.2) is 23.8 Å². The van der Waals surface area contributed by atoms with Crippen LogP contribution in [-0.2, 0) is 23.4 Å². The first-order valence-corrected chi connectivity index (χ1v) is 13.9. The molecule has 42 heavy (non-hydrogen) atoms. The third kappa shape index (κ3) is 3.63. The van der Waals surface area contributed by atoms with Crippen molar-refractivity contribution in [3.63, 3.8) is 0 Å². The van der Waals surface area contributed by atoms with Gasteiger partial charge in [0, 0.05) is 17.1 Å². The van der Waals surface area contributed by atoms with E-state index in [1.54, 1.807) is 36.3 Å². The van der Waals surface area contributed by atoms with Crippen molar-refractivity contribution in [2.75, 3.05) is 12.0 Å². The van der Waals surface area contributed by atoms with Crippen LogP contribution in [0.1, 0.15) is 38.4 Å². The summed E-state index contributed by atoms with van der Waals surface area (Å²) < 4.78 is 11.4. The van der Waals surface area contributed by atoms with Gasteiger partial charge in [0.15, 0.2) is 11.0 Å². The van der Waals surface area contributed by atoms with Crippen molar-refractivity contribution in [3.05, 3.63) is 140 Å². The van der Waals surface area contributed by atoms with E-state index in [2.05, 4.69) is 0 Å². The minimum atomic E-state index is -1.73. The van der Waals surface area contributed by atoms with E-state index in [9.17, 15) is 14.4 Å². The van der Waals surface area contributed by atoms with Gasteiger partial charge in [-0.25, -0.2) is 0 Å². The van der Waals surface area contributed by atoms with E-state index in [1.165, 1.54) is 11.0 Å². The van der Waals surface area contributed by atoms with E-state index in [0.717, 1.165) is 16.7 Å². The Morgan fingerprint density at radius 2 is 1.62 bits per heavy atom. The minimum Gasteiger partial charge on any atom is -0.497 e. The minimum absolute atomic E-state index is 0.0144. The summed E-state index contributed by atoms with van der Waals surface area (Å²) in [6.45, 7) is 2.32. The summed E-state index contributed by atoms with van der Waals surface area (Å²) in [5.74, 6) is -0.391. The predicted octanol–water partition coefficient (Wildman–Crippen LogP) is 6.21. The first-order valence-electron chi connectivity index (χ1n) is 13.5. The molecule has 1 unspecified atom stereocenters. The van der Waals surface area contributed by atoms with E-state index in [-0.39, 0.29) is 41.3 Å². The number of rotatable bonds is 5. The summed E-state index contributed by atoms with van der Waals surface area (Å²) in [4.78, 5) is 46.8. The number of halogens is 1. The lowest BCUT2D eigenvalue weighted by Crippen LogP contribution is -2.53. The monoisotopic (exact) mass is 576 g/mol. The van der Waals surface area contributed by atoms with Crippen LogP contribution < -0.4 is 15.1 Å². The highest BCUT2D eigenvalue weighted by Crippen LogP contribution is 2.53. The average molecular weight is 577 g/mol. The molecule has 0 radical (unpaired) electrons. The number of methoxy groups -OCH3 is 1. The van der Waals surface area contributed by atoms with E-state index in [4.69, 9.17) is 20.8 Å². The van der Waals surface area contributed by atoms with Gasteiger partial charge in [-0.3, -0.25) is 14.4 Å². The van der Waals surface area contributed by atoms with Crippen molar-refractivity contribution in [2.45, 2.75) is 25.6 Å². The number of ether oxygens (including phenoxy) is 1. The Kier molecular flexibility index (Phi) is 5.95. The average Bonchev–Trinajstić information content (AvgIpc) is 3.39. The summed E-state index contributed by atoms with van der Waals surface area (Å²) in [7, 11) is 1.58. The number of benzene rings is 4. The lowest BCUT2D eigenvalue weighted by atomic mass is 9.83. The first-order chi connectivity index (χ1) is 20.3. The Balaban J connectivity index is 1.50. The molecule has 4 aromatic carbocycles. The van der Waals surface area contributed by atoms with Gasteiger partial charge in [-0.05, 0) is 60.0 Å². The molecule has 0 fully saturated rings. The van der Waals surface area contributed by atoms with Crippen LogP contribution in [0.2, 0.25) is 5.02 Å². The second kappa shape index (κ2) is 9.60. The lowest BCUT2D eigenvalue weighted by molar-refractivity contribution is -0.126. The van der Waals surface area contributed by atoms with Crippen LogP contribution in [0.5, 0.6) is 5.75 Å². The van der Waals surface area contributed by atoms with Crippen LogP contribution in [0.15, 0.2) is 100 Å². The standard InChI is InChI=1S/C34H25ClN2O5/c1-20-7-3-4-8-22(20)19-36-27-10-6-5-9-26(27)34(33(36)40)29-30(38)25-17-23(35)13-16-28(25)42-31(29)32(39)37(34)18-21-11-14-24(41-2)15-12-21/h3-17H,18-19H2,1-2H3. The van der Waals surface area contributed by atoms with E-state index in [0.29, 0.717) is 22.0 Å². The molecule has 1 spiro atoms. The second-order valence-corrected chi connectivity index (χ2v) is 11.0. The van der Waals surface area contributed by atoms with Crippen molar-refractivity contribution in [1.82, 2.24) is 4.90 Å². The maximum Gasteiger partial charge on any atom is 0.291 e. The Hall–Kier alpha value is -4.88. The SMILES string of the molecule is COc1ccc(CN2C(=O)c3oc4ccc(Cl)cc4c(=O)c3C23C(=O)N(Cc2ccccc2C)c2ccccc23)cc1. The molecule has 1 atom stereocenters. The third-order valence-electron chi connectivity index (χ3n) is 8.29. The molecule has 5 aromatic rings. The molecule has 7 rings (SSSR count). The van der Waals surface area contributed by atoms with Crippen LogP contribution in [0.4, 0.5) is 5.69 Å². The Bertz CT molecular complexity index is 1980. The second-order valence-electron chi connectivity index (χ2n) is 10.6. The summed E-state index contributed by atoms with van der Waals surface area (Å²) in [6.07, 6.45) is 0. The molecule has 0 saturated heterocycles. The fourth-order valence-electron chi connectivity index (χ4n) is 6.21. The normalized spacial score (nSPS) is 17.3. The van der Waals surface area contributed by atoms with Crippen LogP contribution in [0, 0.1) is 6.92 Å². The van der Waals surface area contributed by atoms with Gasteiger partial charge in [-0.2, -0.15) is 0 Å². The van der Waals surface area contributed by atoms with Gasteiger partial charge >= 0.3 is 0 Å². The van der Waals surface area contributed by atoms with Crippen molar-refractivity contribution in [1.29, 1.82) is 0 Å². The highest BCUT2D eigenvalue weighted by molar-refractivity contribution is 6.31. The number of anilines is 1. The number of carbonyl (C=O) groups is 2. The highest BCUT2D eigenvalue weighted by Gasteiger charge is 2.65. The quantitative estimate of drug-likeness (QED) is 0.248. The van der Waals surface area contributed by atoms with Gasteiger partial charge in [-0.1, -0.05) is 66.2 Å². The molecule has 0 saturated carbocycles. The molecular weight excluding hydrogens is 552 g/mol. The zero-order valence-corrected chi connectivity index (χ0v) is 23.6. The Morgan fingerprint density at radius 3 is 2.38 bits per heavy atom. The van der Waals surface area contributed by atoms with E-state index < -0.39 is 16.9 Å². The molecule has 208 valence electrons. The largest absolute Gasteiger partial charge is 0.497 e. The van der Waals surface area contributed by atoms with Crippen molar-refractivity contribution in [2.24, 2.45) is 0 Å². The van der Waals surface area contributed by atoms with Crippen molar-refractivity contribution >= 4 is 40.1 Å². The Morgan fingerprint density at radius 1 is 0.881 bits per heavy atom. The zero-order chi connectivity index (χ0) is 29.2. The molecule has 8 heteroatoms. The van der Waals surface area contributed by atoms with Gasteiger partial charge in [0.25, 0.3) is 11.8 Å². The number of hydrogen-bond donors (Lipinski definition) is 0. The number of carbonyl (C=O) groups excluding carboxylic acids is 2. The number of amides is 2. The number of fused-ring (bicyclic) bond motifs is 5. The summed E-state index contributed by atoms with van der Waals surface area (Å²) in [5.41, 5.74) is 1.99. The van der Waals surface area contributed by atoms with E-state index in [1.807, 2.05) is 67.6 Å². The third-order valence-corrected chi connectivity index (χ3v) is 8.52. The van der Waals surface area contributed by atoms with Gasteiger partial charge < -0.3 is 19.0 Å². The molecule has 7 nitrogen and oxygen atoms in total. The maximum absolute atomic E-state index is 15.0. The highest BCUT2D eigenvalue weighted by atomic mass is 35.5. The molecular formula is C34H25ClN2O5. The fourth-order valence-corrected chi connectivity index (χ4v) is 6.38. The first kappa shape index (κ1) is 26.0. The fraction of sp³-hybridized carbons (Fsp3) is 0.147. The van der Waals surface area contributed by atoms with Gasteiger partial charge in [0.05, 0.1) is 30.3 Å². The van der Waals surface area contributed by atoms with Gasteiger partial charge in [0.1, 0.15) is 11.3 Å². The summed E-state index contributed by atoms with van der Waals surface area (Å²) >= 11 is 6.28. The number of aryl methyl sites for hydroxylation is 1. The zero-order valence-electron chi connectivity index (χ0n) is 22.9. The molecule has 3 heterocycles. The topological polar surface area (TPSA) is 80.1 Å². The predicted molar refractivity (Wildman–Crippen MR) is 160 cm³/mol. The molecule has 0 aliphatic carbocycles. The summed E-state index contributed by atoms with van der Waals surface area (Å²) in [6, 6.07) is 27.1. The Labute approximate surface area is 246 Å². The van der Waals surface area contributed by atoms with Crippen LogP contribution >= 0.6 is 11.6 Å². The van der Waals surface area contributed by atoms with Gasteiger partial charge in [-0.15, -0.1) is 0 Å². The molecule has 2 aliphatic rings. The van der Waals surface area contributed by atoms with E-state index >= 15 is 0 Å². The number of hydrogen-bond acceptors (Lipinski definition) is 5. The van der Waals surface area contributed by atoms with Crippen LogP contribution in [0.25, 0.3) is 11.0 Å². The van der Waals surface area contributed by atoms with Crippen LogP contribution in [0.3, 0.4) is 0 Å². The molecule has 0 N–H and O–H groups in total. The smallest absolute Gasteiger partial charge is 0.291 e.